The summed E-state index contributed by atoms with van der Waals surface area (Å²) in [5.41, 5.74) is 7.28. The molecular weight excluding hydrogens is 256 g/mol. The Bertz CT molecular complexity index is 634. The molecule has 20 heavy (non-hydrogen) atoms. The summed E-state index contributed by atoms with van der Waals surface area (Å²) in [6.07, 6.45) is 5.34. The zero-order chi connectivity index (χ0) is 14.7. The highest BCUT2D eigenvalue weighted by atomic mass is 16.4. The molecule has 0 saturated carbocycles. The zero-order valence-electron chi connectivity index (χ0n) is 11.8. The maximum atomic E-state index is 8.92. The Morgan fingerprint density at radius 2 is 2.20 bits per heavy atom. The largest absolute Gasteiger partial charge is 0.409 e. The van der Waals surface area contributed by atoms with Gasteiger partial charge in [-0.05, 0) is 18.6 Å². The van der Waals surface area contributed by atoms with Gasteiger partial charge in [0.2, 0.25) is 0 Å². The van der Waals surface area contributed by atoms with Crippen molar-refractivity contribution < 1.29 is 5.21 Å². The Labute approximate surface area is 117 Å². The van der Waals surface area contributed by atoms with E-state index in [2.05, 4.69) is 15.1 Å². The van der Waals surface area contributed by atoms with Crippen molar-refractivity contribution in [2.75, 3.05) is 11.9 Å². The van der Waals surface area contributed by atoms with Gasteiger partial charge in [0.1, 0.15) is 11.6 Å². The molecule has 0 aliphatic rings. The molecular formula is C13H18N6O. The van der Waals surface area contributed by atoms with Gasteiger partial charge in [0.05, 0.1) is 12.1 Å². The van der Waals surface area contributed by atoms with E-state index in [1.165, 1.54) is 0 Å². The summed E-state index contributed by atoms with van der Waals surface area (Å²) >= 11 is 0. The van der Waals surface area contributed by atoms with E-state index in [4.69, 9.17) is 10.9 Å². The number of hydrogen-bond donors (Lipinski definition) is 2. The van der Waals surface area contributed by atoms with E-state index in [1.807, 2.05) is 42.7 Å². The minimum absolute atomic E-state index is 0.0530. The zero-order valence-corrected chi connectivity index (χ0v) is 11.8. The third kappa shape index (κ3) is 2.56. The Morgan fingerprint density at radius 1 is 1.45 bits per heavy atom. The van der Waals surface area contributed by atoms with Gasteiger partial charge < -0.3 is 20.4 Å². The number of nitrogens with two attached hydrogens (primary N) is 1. The van der Waals surface area contributed by atoms with Crippen LogP contribution in [0.3, 0.4) is 0 Å². The van der Waals surface area contributed by atoms with Crippen LogP contribution in [-0.4, -0.2) is 32.6 Å². The van der Waals surface area contributed by atoms with Gasteiger partial charge in [-0.3, -0.25) is 0 Å². The molecule has 2 aromatic heterocycles. The van der Waals surface area contributed by atoms with Gasteiger partial charge in [-0.25, -0.2) is 9.97 Å². The van der Waals surface area contributed by atoms with Crippen LogP contribution in [0.5, 0.6) is 0 Å². The fraction of sp³-hybridized carbons (Fsp3) is 0.308. The molecule has 0 saturated heterocycles. The van der Waals surface area contributed by atoms with E-state index in [1.54, 1.807) is 12.4 Å². The SMILES string of the molecule is Cc1ccnc(N(C)Cc2nccn2C)c1/C(N)=N/O. The summed E-state index contributed by atoms with van der Waals surface area (Å²) in [4.78, 5) is 10.5. The minimum atomic E-state index is 0.0530. The van der Waals surface area contributed by atoms with Gasteiger partial charge in [0.15, 0.2) is 5.84 Å². The van der Waals surface area contributed by atoms with E-state index in [9.17, 15) is 0 Å². The molecule has 0 fully saturated rings. The van der Waals surface area contributed by atoms with Crippen molar-refractivity contribution in [3.05, 3.63) is 41.6 Å². The van der Waals surface area contributed by atoms with E-state index in [-0.39, 0.29) is 5.84 Å². The third-order valence-electron chi connectivity index (χ3n) is 3.16. The number of pyridine rings is 1. The Morgan fingerprint density at radius 3 is 2.80 bits per heavy atom. The van der Waals surface area contributed by atoms with E-state index in [0.29, 0.717) is 17.9 Å². The maximum absolute atomic E-state index is 8.92. The number of imidazole rings is 1. The molecule has 3 N–H and O–H groups in total. The van der Waals surface area contributed by atoms with Crippen molar-refractivity contribution in [3.8, 4) is 0 Å². The Hall–Kier alpha value is -2.57. The van der Waals surface area contributed by atoms with Crippen LogP contribution in [0.15, 0.2) is 29.8 Å². The van der Waals surface area contributed by atoms with Gasteiger partial charge in [0.25, 0.3) is 0 Å². The van der Waals surface area contributed by atoms with Gasteiger partial charge in [0, 0.05) is 32.7 Å². The summed E-state index contributed by atoms with van der Waals surface area (Å²) in [7, 11) is 3.83. The van der Waals surface area contributed by atoms with Crippen LogP contribution in [-0.2, 0) is 13.6 Å². The van der Waals surface area contributed by atoms with Crippen LogP contribution in [0.2, 0.25) is 0 Å². The monoisotopic (exact) mass is 274 g/mol. The van der Waals surface area contributed by atoms with E-state index in [0.717, 1.165) is 11.4 Å². The highest BCUT2D eigenvalue weighted by Crippen LogP contribution is 2.21. The summed E-state index contributed by atoms with van der Waals surface area (Å²) in [6.45, 7) is 2.47. The first-order valence-electron chi connectivity index (χ1n) is 6.15. The van der Waals surface area contributed by atoms with Gasteiger partial charge in [-0.1, -0.05) is 5.16 Å². The van der Waals surface area contributed by atoms with E-state index >= 15 is 0 Å². The summed E-state index contributed by atoms with van der Waals surface area (Å²) in [5, 5.41) is 12.0. The molecule has 0 atom stereocenters. The smallest absolute Gasteiger partial charge is 0.174 e. The van der Waals surface area contributed by atoms with Gasteiger partial charge in [-0.2, -0.15) is 0 Å². The molecule has 0 amide bonds. The molecule has 0 bridgehead atoms. The van der Waals surface area contributed by atoms with Crippen molar-refractivity contribution >= 4 is 11.7 Å². The van der Waals surface area contributed by atoms with Crippen LogP contribution < -0.4 is 10.6 Å². The van der Waals surface area contributed by atoms with Crippen LogP contribution in [0.4, 0.5) is 5.82 Å². The predicted molar refractivity (Wildman–Crippen MR) is 76.8 cm³/mol. The number of hydrogen-bond acceptors (Lipinski definition) is 5. The molecule has 0 aliphatic carbocycles. The molecule has 106 valence electrons. The highest BCUT2D eigenvalue weighted by molar-refractivity contribution is 6.02. The average Bonchev–Trinajstić information content (AvgIpc) is 2.83. The molecule has 0 aliphatic heterocycles. The normalized spacial score (nSPS) is 11.7. The lowest BCUT2D eigenvalue weighted by Gasteiger charge is -2.21. The number of rotatable bonds is 4. The first-order valence-corrected chi connectivity index (χ1v) is 6.15. The lowest BCUT2D eigenvalue weighted by atomic mass is 10.1. The van der Waals surface area contributed by atoms with Crippen LogP contribution in [0.1, 0.15) is 17.0 Å². The molecule has 0 unspecified atom stereocenters. The second-order valence-corrected chi connectivity index (χ2v) is 4.62. The van der Waals surface area contributed by atoms with Gasteiger partial charge >= 0.3 is 0 Å². The molecule has 2 heterocycles. The number of aromatic nitrogens is 3. The van der Waals surface area contributed by atoms with Crippen LogP contribution >= 0.6 is 0 Å². The quantitative estimate of drug-likeness (QED) is 0.373. The van der Waals surface area contributed by atoms with Gasteiger partial charge in [-0.15, -0.1) is 0 Å². The number of anilines is 1. The fourth-order valence-corrected chi connectivity index (χ4v) is 2.04. The molecule has 7 heteroatoms. The van der Waals surface area contributed by atoms with Crippen LogP contribution in [0.25, 0.3) is 0 Å². The minimum Gasteiger partial charge on any atom is -0.409 e. The molecule has 0 aromatic carbocycles. The van der Waals surface area contributed by atoms with Crippen molar-refractivity contribution in [3.63, 3.8) is 0 Å². The molecule has 0 radical (unpaired) electrons. The Balaban J connectivity index is 2.37. The predicted octanol–water partition coefficient (Wildman–Crippen LogP) is 0.854. The van der Waals surface area contributed by atoms with E-state index < -0.39 is 0 Å². The van der Waals surface area contributed by atoms with Crippen LogP contribution in [0, 0.1) is 6.92 Å². The third-order valence-corrected chi connectivity index (χ3v) is 3.16. The molecule has 2 aromatic rings. The summed E-state index contributed by atoms with van der Waals surface area (Å²) in [5.74, 6) is 1.61. The fourth-order valence-electron chi connectivity index (χ4n) is 2.04. The number of amidine groups is 1. The first kappa shape index (κ1) is 13.9. The number of aryl methyl sites for hydroxylation is 2. The standard InChI is InChI=1S/C13H18N6O/c1-9-4-5-16-13(11(9)12(14)17-20)19(3)8-10-15-6-7-18(10)2/h4-7,20H,8H2,1-3H3,(H2,14,17). The average molecular weight is 274 g/mol. The number of nitrogens with zero attached hydrogens (tertiary/aromatic N) is 5. The molecule has 0 spiro atoms. The Kier molecular flexibility index (Phi) is 3.88. The summed E-state index contributed by atoms with van der Waals surface area (Å²) in [6, 6.07) is 1.82. The van der Waals surface area contributed by atoms with Crippen molar-refractivity contribution in [2.24, 2.45) is 17.9 Å². The second kappa shape index (κ2) is 5.60. The first-order chi connectivity index (χ1) is 9.54. The number of oxime groups is 1. The lowest BCUT2D eigenvalue weighted by molar-refractivity contribution is 0.318. The maximum Gasteiger partial charge on any atom is 0.174 e. The second-order valence-electron chi connectivity index (χ2n) is 4.62. The summed E-state index contributed by atoms with van der Waals surface area (Å²) < 4.78 is 1.94. The van der Waals surface area contributed by atoms with Crippen molar-refractivity contribution in [1.29, 1.82) is 0 Å². The lowest BCUT2D eigenvalue weighted by Crippen LogP contribution is -2.25. The molecule has 7 nitrogen and oxygen atoms in total. The van der Waals surface area contributed by atoms with Crippen molar-refractivity contribution in [1.82, 2.24) is 14.5 Å². The topological polar surface area (TPSA) is 92.6 Å². The highest BCUT2D eigenvalue weighted by Gasteiger charge is 2.16. The van der Waals surface area contributed by atoms with Crippen molar-refractivity contribution in [2.45, 2.75) is 13.5 Å². The molecule has 2 rings (SSSR count).